The summed E-state index contributed by atoms with van der Waals surface area (Å²) in [5.74, 6) is -0.239. The minimum atomic E-state index is -0.535. The first kappa shape index (κ1) is 16.1. The Kier molecular flexibility index (Phi) is 4.88. The lowest BCUT2D eigenvalue weighted by molar-refractivity contribution is -0.117. The highest BCUT2D eigenvalue weighted by Gasteiger charge is 2.34. The molecule has 6 heteroatoms. The van der Waals surface area contributed by atoms with Gasteiger partial charge in [-0.15, -0.1) is 6.58 Å². The summed E-state index contributed by atoms with van der Waals surface area (Å²) in [4.78, 5) is 26.1. The van der Waals surface area contributed by atoms with Gasteiger partial charge in [0.25, 0.3) is 5.91 Å². The Balaban J connectivity index is 2.55. The van der Waals surface area contributed by atoms with Crippen molar-refractivity contribution in [2.75, 3.05) is 13.6 Å². The monoisotopic (exact) mass is 319 g/mol. The zero-order valence-corrected chi connectivity index (χ0v) is 13.3. The topological polar surface area (TPSA) is 61.4 Å². The van der Waals surface area contributed by atoms with Crippen molar-refractivity contribution in [1.29, 1.82) is 0 Å². The molecular weight excluding hydrogens is 302 g/mol. The van der Waals surface area contributed by atoms with Gasteiger partial charge in [-0.2, -0.15) is 0 Å². The molecule has 5 nitrogen and oxygen atoms in total. The zero-order chi connectivity index (χ0) is 16.3. The molecule has 1 aromatic rings. The number of allylic oxidation sites excluding steroid dienone is 1. The van der Waals surface area contributed by atoms with Crippen LogP contribution in [0.15, 0.2) is 48.2 Å². The minimum Gasteiger partial charge on any atom is -0.355 e. The summed E-state index contributed by atoms with van der Waals surface area (Å²) in [6.45, 7) is 5.73. The summed E-state index contributed by atoms with van der Waals surface area (Å²) in [6, 6.07) is 6.30. The second-order valence-electron chi connectivity index (χ2n) is 4.91. The van der Waals surface area contributed by atoms with Crippen molar-refractivity contribution in [1.82, 2.24) is 15.5 Å². The molecule has 0 spiro atoms. The van der Waals surface area contributed by atoms with E-state index in [1.54, 1.807) is 38.2 Å². The van der Waals surface area contributed by atoms with Crippen LogP contribution in [0.3, 0.4) is 0 Å². The maximum absolute atomic E-state index is 12.3. The molecule has 0 radical (unpaired) electrons. The molecule has 0 aromatic heterocycles. The number of urea groups is 1. The molecule has 2 rings (SSSR count). The molecule has 1 aliphatic rings. The van der Waals surface area contributed by atoms with Gasteiger partial charge in [-0.25, -0.2) is 4.79 Å². The molecule has 3 amide bonds. The zero-order valence-electron chi connectivity index (χ0n) is 12.5. The highest BCUT2D eigenvalue weighted by molar-refractivity contribution is 6.30. The summed E-state index contributed by atoms with van der Waals surface area (Å²) in [6.07, 6.45) is 1.62. The molecule has 0 aliphatic carbocycles. The summed E-state index contributed by atoms with van der Waals surface area (Å²) in [5, 5.41) is 6.03. The lowest BCUT2D eigenvalue weighted by Crippen LogP contribution is -2.49. The van der Waals surface area contributed by atoms with Gasteiger partial charge in [-0.05, 0) is 24.6 Å². The highest BCUT2D eigenvalue weighted by atomic mass is 35.5. The van der Waals surface area contributed by atoms with Gasteiger partial charge in [0.2, 0.25) is 0 Å². The Labute approximate surface area is 134 Å². The van der Waals surface area contributed by atoms with Gasteiger partial charge in [0, 0.05) is 24.3 Å². The van der Waals surface area contributed by atoms with E-state index < -0.39 is 6.04 Å². The van der Waals surface area contributed by atoms with Gasteiger partial charge in [0.05, 0.1) is 11.6 Å². The minimum absolute atomic E-state index is 0.239. The lowest BCUT2D eigenvalue weighted by atomic mass is 9.94. The van der Waals surface area contributed by atoms with E-state index in [1.165, 1.54) is 4.90 Å². The van der Waals surface area contributed by atoms with Gasteiger partial charge in [-0.1, -0.05) is 29.8 Å². The van der Waals surface area contributed by atoms with Gasteiger partial charge in [0.1, 0.15) is 0 Å². The first-order valence-corrected chi connectivity index (χ1v) is 7.24. The number of rotatable bonds is 4. The van der Waals surface area contributed by atoms with Crippen molar-refractivity contribution in [3.8, 4) is 0 Å². The number of nitrogens with zero attached hydrogens (tertiary/aromatic N) is 1. The molecule has 116 valence electrons. The normalized spacial score (nSPS) is 18.0. The fourth-order valence-corrected chi connectivity index (χ4v) is 2.69. The molecule has 0 saturated carbocycles. The van der Waals surface area contributed by atoms with E-state index in [-0.39, 0.29) is 11.9 Å². The molecular formula is C16H18ClN3O2. The Hall–Kier alpha value is -2.27. The average Bonchev–Trinajstić information content (AvgIpc) is 2.50. The summed E-state index contributed by atoms with van der Waals surface area (Å²) < 4.78 is 0. The van der Waals surface area contributed by atoms with Crippen LogP contribution < -0.4 is 10.6 Å². The van der Waals surface area contributed by atoms with Crippen molar-refractivity contribution in [2.24, 2.45) is 0 Å². The van der Waals surface area contributed by atoms with E-state index >= 15 is 0 Å². The van der Waals surface area contributed by atoms with Crippen molar-refractivity contribution in [3.05, 3.63) is 58.8 Å². The second kappa shape index (κ2) is 6.66. The van der Waals surface area contributed by atoms with Crippen molar-refractivity contribution < 1.29 is 9.59 Å². The fraction of sp³-hybridized carbons (Fsp3) is 0.250. The third-order valence-corrected chi connectivity index (χ3v) is 3.80. The van der Waals surface area contributed by atoms with Crippen molar-refractivity contribution in [3.63, 3.8) is 0 Å². The van der Waals surface area contributed by atoms with Crippen LogP contribution in [-0.2, 0) is 4.79 Å². The third kappa shape index (κ3) is 2.99. The predicted octanol–water partition coefficient (Wildman–Crippen LogP) is 2.61. The van der Waals surface area contributed by atoms with Crippen LogP contribution in [0.5, 0.6) is 0 Å². The van der Waals surface area contributed by atoms with Gasteiger partial charge in [0.15, 0.2) is 0 Å². The predicted molar refractivity (Wildman–Crippen MR) is 86.4 cm³/mol. The first-order valence-electron chi connectivity index (χ1n) is 6.86. The van der Waals surface area contributed by atoms with Gasteiger partial charge >= 0.3 is 6.03 Å². The van der Waals surface area contributed by atoms with Crippen LogP contribution in [0, 0.1) is 0 Å². The van der Waals surface area contributed by atoms with Crippen LogP contribution in [-0.4, -0.2) is 30.4 Å². The molecule has 1 atom stereocenters. The SMILES string of the molecule is C=CCN1C(=O)NC(c2cccc(Cl)c2)C(C(=O)NC)=C1C. The Morgan fingerprint density at radius 1 is 1.55 bits per heavy atom. The van der Waals surface area contributed by atoms with Crippen LogP contribution in [0.4, 0.5) is 4.79 Å². The Morgan fingerprint density at radius 3 is 2.86 bits per heavy atom. The number of carbonyl (C=O) groups excluding carboxylic acids is 2. The Bertz CT molecular complexity index is 655. The maximum Gasteiger partial charge on any atom is 0.322 e. The van der Waals surface area contributed by atoms with E-state index in [4.69, 9.17) is 11.6 Å². The number of benzene rings is 1. The fourth-order valence-electron chi connectivity index (χ4n) is 2.50. The van der Waals surface area contributed by atoms with E-state index in [9.17, 15) is 9.59 Å². The molecule has 1 heterocycles. The molecule has 0 saturated heterocycles. The van der Waals surface area contributed by atoms with E-state index in [0.717, 1.165) is 5.56 Å². The number of hydrogen-bond donors (Lipinski definition) is 2. The van der Waals surface area contributed by atoms with Crippen LogP contribution in [0.2, 0.25) is 5.02 Å². The van der Waals surface area contributed by atoms with E-state index in [2.05, 4.69) is 17.2 Å². The molecule has 1 aromatic carbocycles. The smallest absolute Gasteiger partial charge is 0.322 e. The van der Waals surface area contributed by atoms with Gasteiger partial charge in [-0.3, -0.25) is 9.69 Å². The molecule has 1 aliphatic heterocycles. The largest absolute Gasteiger partial charge is 0.355 e. The number of halogens is 1. The highest BCUT2D eigenvalue weighted by Crippen LogP contribution is 2.31. The number of amides is 3. The van der Waals surface area contributed by atoms with Crippen molar-refractivity contribution >= 4 is 23.5 Å². The van der Waals surface area contributed by atoms with Crippen LogP contribution >= 0.6 is 11.6 Å². The summed E-state index contributed by atoms with van der Waals surface area (Å²) >= 11 is 6.02. The molecule has 22 heavy (non-hydrogen) atoms. The molecule has 0 fully saturated rings. The lowest BCUT2D eigenvalue weighted by Gasteiger charge is -2.35. The second-order valence-corrected chi connectivity index (χ2v) is 5.35. The Morgan fingerprint density at radius 2 is 2.27 bits per heavy atom. The number of likely N-dealkylation sites (N-methyl/N-ethyl adjacent to an activating group) is 1. The van der Waals surface area contributed by atoms with Crippen LogP contribution in [0.1, 0.15) is 18.5 Å². The van der Waals surface area contributed by atoms with E-state index in [1.807, 2.05) is 6.07 Å². The van der Waals surface area contributed by atoms with Gasteiger partial charge < -0.3 is 10.6 Å². The summed E-state index contributed by atoms with van der Waals surface area (Å²) in [5.41, 5.74) is 1.86. The van der Waals surface area contributed by atoms with Crippen molar-refractivity contribution in [2.45, 2.75) is 13.0 Å². The molecule has 1 unspecified atom stereocenters. The summed E-state index contributed by atoms with van der Waals surface area (Å²) in [7, 11) is 1.56. The number of nitrogens with one attached hydrogen (secondary N) is 2. The standard InChI is InChI=1S/C16H18ClN3O2/c1-4-8-20-10(2)13(15(21)18-3)14(19-16(20)22)11-6-5-7-12(17)9-11/h4-7,9,14H,1,8H2,2-3H3,(H,18,21)(H,19,22). The quantitative estimate of drug-likeness (QED) is 0.838. The first-order chi connectivity index (χ1) is 10.5. The van der Waals surface area contributed by atoms with E-state index in [0.29, 0.717) is 22.8 Å². The number of hydrogen-bond acceptors (Lipinski definition) is 2. The maximum atomic E-state index is 12.3. The average molecular weight is 320 g/mol. The number of carbonyl (C=O) groups is 2. The molecule has 2 N–H and O–H groups in total. The third-order valence-electron chi connectivity index (χ3n) is 3.56. The van der Waals surface area contributed by atoms with Crippen LogP contribution in [0.25, 0.3) is 0 Å². The molecule has 0 bridgehead atoms.